The Morgan fingerprint density at radius 2 is 1.90 bits per heavy atom. The van der Waals surface area contributed by atoms with Crippen LogP contribution in [0, 0.1) is 6.92 Å². The van der Waals surface area contributed by atoms with E-state index in [1.165, 1.54) is 4.90 Å². The molecule has 0 radical (unpaired) electrons. The van der Waals surface area contributed by atoms with E-state index in [2.05, 4.69) is 15.3 Å². The van der Waals surface area contributed by atoms with Gasteiger partial charge in [0, 0.05) is 48.4 Å². The van der Waals surface area contributed by atoms with Gasteiger partial charge < -0.3 is 4.90 Å². The first-order valence-corrected chi connectivity index (χ1v) is 10.7. The van der Waals surface area contributed by atoms with Crippen LogP contribution in [0.15, 0.2) is 47.1 Å². The summed E-state index contributed by atoms with van der Waals surface area (Å²) in [6, 6.07) is 8.62. The second kappa shape index (κ2) is 9.74. The fourth-order valence-electron chi connectivity index (χ4n) is 3.05. The summed E-state index contributed by atoms with van der Waals surface area (Å²) in [5.74, 6) is 1.03. The summed E-state index contributed by atoms with van der Waals surface area (Å²) in [5.41, 5.74) is 1.98. The molecule has 9 heteroatoms. The average molecular weight is 440 g/mol. The van der Waals surface area contributed by atoms with Crippen LogP contribution in [0.4, 0.5) is 10.6 Å². The third-order valence-electron chi connectivity index (χ3n) is 4.88. The standard InChI is InChI=1S/C22H25N5O3S/c1-14(27-13-17-12-23-15(2)24-20(17)25-22(27)30)18(10-11-19(28)26(3)4)31-21(29)16-8-6-5-7-9-16/h5-9,12H,10-11,13H2,1-4H3,(H,23,24,25,30)/b18-14-. The van der Waals surface area contributed by atoms with Crippen LogP contribution in [0.5, 0.6) is 0 Å². The second-order valence-corrected chi connectivity index (χ2v) is 8.43. The van der Waals surface area contributed by atoms with Crippen LogP contribution in [0.2, 0.25) is 0 Å². The molecule has 0 bridgehead atoms. The van der Waals surface area contributed by atoms with E-state index in [9.17, 15) is 14.4 Å². The number of anilines is 1. The molecule has 0 atom stereocenters. The van der Waals surface area contributed by atoms with Gasteiger partial charge in [-0.15, -0.1) is 0 Å². The number of aromatic nitrogens is 2. The highest BCUT2D eigenvalue weighted by Gasteiger charge is 2.27. The first-order chi connectivity index (χ1) is 14.8. The Kier molecular flexibility index (Phi) is 7.06. The zero-order valence-electron chi connectivity index (χ0n) is 18.0. The first-order valence-electron chi connectivity index (χ1n) is 9.84. The van der Waals surface area contributed by atoms with Crippen LogP contribution >= 0.6 is 11.8 Å². The lowest BCUT2D eigenvalue weighted by Gasteiger charge is -2.30. The van der Waals surface area contributed by atoms with Crippen LogP contribution in [-0.2, 0) is 11.3 Å². The van der Waals surface area contributed by atoms with Crippen molar-refractivity contribution in [1.29, 1.82) is 0 Å². The molecule has 1 aliphatic rings. The van der Waals surface area contributed by atoms with Gasteiger partial charge >= 0.3 is 6.03 Å². The van der Waals surface area contributed by atoms with E-state index in [4.69, 9.17) is 0 Å². The molecule has 0 saturated carbocycles. The Morgan fingerprint density at radius 1 is 1.19 bits per heavy atom. The predicted molar refractivity (Wildman–Crippen MR) is 120 cm³/mol. The maximum Gasteiger partial charge on any atom is 0.327 e. The van der Waals surface area contributed by atoms with E-state index in [-0.39, 0.29) is 23.5 Å². The van der Waals surface area contributed by atoms with Crippen molar-refractivity contribution >= 4 is 34.6 Å². The van der Waals surface area contributed by atoms with E-state index in [0.29, 0.717) is 40.8 Å². The van der Waals surface area contributed by atoms with Crippen molar-refractivity contribution < 1.29 is 14.4 Å². The van der Waals surface area contributed by atoms with Crippen molar-refractivity contribution in [3.63, 3.8) is 0 Å². The van der Waals surface area contributed by atoms with E-state index in [1.54, 1.807) is 63.3 Å². The fraction of sp³-hybridized carbons (Fsp3) is 0.318. The van der Waals surface area contributed by atoms with Crippen LogP contribution in [0.3, 0.4) is 0 Å². The molecule has 1 N–H and O–H groups in total. The normalized spacial score (nSPS) is 13.8. The molecule has 3 rings (SSSR count). The monoisotopic (exact) mass is 439 g/mol. The number of hydrogen-bond donors (Lipinski definition) is 1. The van der Waals surface area contributed by atoms with Crippen molar-refractivity contribution in [2.45, 2.75) is 33.2 Å². The Hall–Kier alpha value is -3.20. The number of urea groups is 1. The van der Waals surface area contributed by atoms with Gasteiger partial charge in [0.1, 0.15) is 11.6 Å². The summed E-state index contributed by atoms with van der Waals surface area (Å²) in [5, 5.41) is 2.65. The van der Waals surface area contributed by atoms with Gasteiger partial charge in [-0.2, -0.15) is 0 Å². The first kappa shape index (κ1) is 22.5. The number of carbonyl (C=O) groups excluding carboxylic acids is 3. The van der Waals surface area contributed by atoms with E-state index in [0.717, 1.165) is 17.3 Å². The minimum absolute atomic E-state index is 0.0459. The quantitative estimate of drug-likeness (QED) is 0.735. The summed E-state index contributed by atoms with van der Waals surface area (Å²) >= 11 is 1.06. The molecular weight excluding hydrogens is 414 g/mol. The van der Waals surface area contributed by atoms with Gasteiger partial charge in [-0.25, -0.2) is 14.8 Å². The molecule has 2 aromatic rings. The van der Waals surface area contributed by atoms with Crippen LogP contribution < -0.4 is 5.32 Å². The van der Waals surface area contributed by atoms with Gasteiger partial charge in [-0.3, -0.25) is 19.8 Å². The number of fused-ring (bicyclic) bond motifs is 1. The third-order valence-corrected chi connectivity index (χ3v) is 6.05. The topological polar surface area (TPSA) is 95.5 Å². The zero-order chi connectivity index (χ0) is 22.5. The number of hydrogen-bond acceptors (Lipinski definition) is 6. The third kappa shape index (κ3) is 5.49. The van der Waals surface area contributed by atoms with Gasteiger partial charge in [0.2, 0.25) is 11.0 Å². The average Bonchev–Trinajstić information content (AvgIpc) is 2.75. The highest BCUT2D eigenvalue weighted by molar-refractivity contribution is 8.17. The Labute approximate surface area is 185 Å². The Bertz CT molecular complexity index is 1040. The SMILES string of the molecule is C/C(=C(\CCC(=O)N(C)C)SC(=O)c1ccccc1)N1Cc2cnc(C)nc2NC1=O. The maximum absolute atomic E-state index is 12.8. The van der Waals surface area contributed by atoms with Gasteiger partial charge in [0.05, 0.1) is 6.54 Å². The second-order valence-electron chi connectivity index (χ2n) is 7.36. The van der Waals surface area contributed by atoms with Gasteiger partial charge in [-0.1, -0.05) is 30.3 Å². The summed E-state index contributed by atoms with van der Waals surface area (Å²) in [6.45, 7) is 3.84. The van der Waals surface area contributed by atoms with Gasteiger partial charge in [-0.05, 0) is 32.0 Å². The number of benzene rings is 1. The number of carbonyl (C=O) groups is 3. The van der Waals surface area contributed by atoms with Crippen molar-refractivity contribution in [3.05, 3.63) is 64.1 Å². The fourth-order valence-corrected chi connectivity index (χ4v) is 3.99. The molecule has 2 heterocycles. The lowest BCUT2D eigenvalue weighted by molar-refractivity contribution is -0.128. The minimum Gasteiger partial charge on any atom is -0.349 e. The summed E-state index contributed by atoms with van der Waals surface area (Å²) in [4.78, 5) is 50.0. The molecule has 1 aromatic carbocycles. The molecule has 0 fully saturated rings. The van der Waals surface area contributed by atoms with Crippen molar-refractivity contribution in [2.75, 3.05) is 19.4 Å². The van der Waals surface area contributed by atoms with Gasteiger partial charge in [0.25, 0.3) is 0 Å². The summed E-state index contributed by atoms with van der Waals surface area (Å²) < 4.78 is 0. The maximum atomic E-state index is 12.8. The molecule has 162 valence electrons. The number of allylic oxidation sites excluding steroid dienone is 2. The van der Waals surface area contributed by atoms with E-state index in [1.807, 2.05) is 6.07 Å². The number of nitrogens with one attached hydrogen (secondary N) is 1. The van der Waals surface area contributed by atoms with Crippen LogP contribution in [-0.4, -0.2) is 50.9 Å². The van der Waals surface area contributed by atoms with Crippen LogP contribution in [0.25, 0.3) is 0 Å². The molecule has 0 spiro atoms. The molecule has 31 heavy (non-hydrogen) atoms. The zero-order valence-corrected chi connectivity index (χ0v) is 18.8. The Balaban J connectivity index is 1.89. The van der Waals surface area contributed by atoms with Gasteiger partial charge in [0.15, 0.2) is 0 Å². The van der Waals surface area contributed by atoms with Crippen molar-refractivity contribution in [2.24, 2.45) is 0 Å². The summed E-state index contributed by atoms with van der Waals surface area (Å²) in [6.07, 6.45) is 2.28. The van der Waals surface area contributed by atoms with Crippen LogP contribution in [0.1, 0.15) is 41.5 Å². The molecule has 1 aromatic heterocycles. The predicted octanol–water partition coefficient (Wildman–Crippen LogP) is 3.81. The molecule has 0 unspecified atom stereocenters. The lowest BCUT2D eigenvalue weighted by Crippen LogP contribution is -2.38. The molecule has 0 aliphatic carbocycles. The number of nitrogens with zero attached hydrogens (tertiary/aromatic N) is 4. The molecule has 0 saturated heterocycles. The molecule has 1 aliphatic heterocycles. The smallest absolute Gasteiger partial charge is 0.327 e. The Morgan fingerprint density at radius 3 is 2.58 bits per heavy atom. The highest BCUT2D eigenvalue weighted by atomic mass is 32.2. The summed E-state index contributed by atoms with van der Waals surface area (Å²) in [7, 11) is 3.38. The largest absolute Gasteiger partial charge is 0.349 e. The minimum atomic E-state index is -0.327. The lowest BCUT2D eigenvalue weighted by atomic mass is 10.2. The molecule has 3 amide bonds. The highest BCUT2D eigenvalue weighted by Crippen LogP contribution is 2.33. The van der Waals surface area contributed by atoms with E-state index < -0.39 is 0 Å². The number of aryl methyl sites for hydroxylation is 1. The molecule has 8 nitrogen and oxygen atoms in total. The van der Waals surface area contributed by atoms with E-state index >= 15 is 0 Å². The van der Waals surface area contributed by atoms with Crippen molar-refractivity contribution in [3.8, 4) is 0 Å². The number of rotatable bonds is 6. The number of thioether (sulfide) groups is 1. The van der Waals surface area contributed by atoms with Crippen molar-refractivity contribution in [1.82, 2.24) is 19.8 Å². The molecular formula is C22H25N5O3S. The number of amides is 3.